The lowest BCUT2D eigenvalue weighted by atomic mass is 10.3. The summed E-state index contributed by atoms with van der Waals surface area (Å²) in [5, 5.41) is 7.02. The predicted molar refractivity (Wildman–Crippen MR) is 48.0 cm³/mol. The first-order valence-corrected chi connectivity index (χ1v) is 4.26. The lowest BCUT2D eigenvalue weighted by Crippen LogP contribution is -2.06. The van der Waals surface area contributed by atoms with Crippen molar-refractivity contribution in [2.75, 3.05) is 6.61 Å². The second-order valence-corrected chi connectivity index (χ2v) is 2.84. The van der Waals surface area contributed by atoms with Crippen molar-refractivity contribution in [3.63, 3.8) is 0 Å². The Morgan fingerprint density at radius 3 is 2.85 bits per heavy atom. The van der Waals surface area contributed by atoms with E-state index >= 15 is 0 Å². The maximum Gasteiger partial charge on any atom is 0.341 e. The van der Waals surface area contributed by atoms with Gasteiger partial charge in [0.15, 0.2) is 10.3 Å². The molecule has 13 heavy (non-hydrogen) atoms. The van der Waals surface area contributed by atoms with E-state index in [1.54, 1.807) is 6.92 Å². The summed E-state index contributed by atoms with van der Waals surface area (Å²) in [7, 11) is 0. The van der Waals surface area contributed by atoms with Gasteiger partial charge in [-0.1, -0.05) is 23.2 Å². The summed E-state index contributed by atoms with van der Waals surface area (Å²) in [6, 6.07) is 1.31. The van der Waals surface area contributed by atoms with E-state index in [2.05, 4.69) is 10.2 Å². The summed E-state index contributed by atoms with van der Waals surface area (Å²) in [6.45, 7) is 1.97. The lowest BCUT2D eigenvalue weighted by Gasteiger charge is -2.01. The molecule has 4 nitrogen and oxygen atoms in total. The molecule has 0 aromatic carbocycles. The molecule has 0 saturated carbocycles. The molecule has 0 fully saturated rings. The molecule has 0 N–H and O–H groups in total. The van der Waals surface area contributed by atoms with Gasteiger partial charge in [-0.3, -0.25) is 0 Å². The summed E-state index contributed by atoms with van der Waals surface area (Å²) in [5.74, 6) is -0.552. The molecule has 1 aromatic rings. The van der Waals surface area contributed by atoms with Crippen molar-refractivity contribution in [2.45, 2.75) is 6.92 Å². The van der Waals surface area contributed by atoms with Crippen LogP contribution in [0.25, 0.3) is 0 Å². The van der Waals surface area contributed by atoms with E-state index in [9.17, 15) is 4.79 Å². The number of aromatic nitrogens is 2. The minimum absolute atomic E-state index is 0.0112. The molecule has 0 aliphatic heterocycles. The van der Waals surface area contributed by atoms with Gasteiger partial charge in [0.2, 0.25) is 0 Å². The summed E-state index contributed by atoms with van der Waals surface area (Å²) in [5.41, 5.74) is 0.128. The SMILES string of the molecule is CCOC(=O)c1cc(Cl)nnc1Cl. The van der Waals surface area contributed by atoms with Crippen molar-refractivity contribution in [3.8, 4) is 0 Å². The molecule has 0 saturated heterocycles. The molecule has 0 unspecified atom stereocenters. The van der Waals surface area contributed by atoms with E-state index in [4.69, 9.17) is 27.9 Å². The summed E-state index contributed by atoms with van der Waals surface area (Å²) >= 11 is 11.1. The van der Waals surface area contributed by atoms with Crippen molar-refractivity contribution >= 4 is 29.2 Å². The van der Waals surface area contributed by atoms with Crippen molar-refractivity contribution in [1.29, 1.82) is 0 Å². The van der Waals surface area contributed by atoms with Crippen LogP contribution in [-0.4, -0.2) is 22.8 Å². The van der Waals surface area contributed by atoms with Gasteiger partial charge in [0.25, 0.3) is 0 Å². The molecular weight excluding hydrogens is 215 g/mol. The van der Waals surface area contributed by atoms with Crippen LogP contribution in [0, 0.1) is 0 Å². The van der Waals surface area contributed by atoms with Crippen molar-refractivity contribution in [1.82, 2.24) is 10.2 Å². The molecule has 1 heterocycles. The van der Waals surface area contributed by atoms with E-state index in [1.165, 1.54) is 6.07 Å². The minimum atomic E-state index is -0.552. The summed E-state index contributed by atoms with van der Waals surface area (Å²) in [6.07, 6.45) is 0. The van der Waals surface area contributed by atoms with Crippen molar-refractivity contribution < 1.29 is 9.53 Å². The molecular formula is C7H6Cl2N2O2. The highest BCUT2D eigenvalue weighted by Crippen LogP contribution is 2.16. The Hall–Kier alpha value is -0.870. The maximum atomic E-state index is 11.2. The zero-order valence-corrected chi connectivity index (χ0v) is 8.26. The van der Waals surface area contributed by atoms with Gasteiger partial charge in [0.1, 0.15) is 5.56 Å². The van der Waals surface area contributed by atoms with Crippen LogP contribution in [0.1, 0.15) is 17.3 Å². The first-order valence-electron chi connectivity index (χ1n) is 3.51. The fraction of sp³-hybridized carbons (Fsp3) is 0.286. The number of esters is 1. The molecule has 0 bridgehead atoms. The number of carbonyl (C=O) groups excluding carboxylic acids is 1. The van der Waals surface area contributed by atoms with Crippen LogP contribution < -0.4 is 0 Å². The molecule has 0 radical (unpaired) electrons. The number of hydrogen-bond donors (Lipinski definition) is 0. The molecule has 0 amide bonds. The Labute approximate surface area is 84.8 Å². The standard InChI is InChI=1S/C7H6Cl2N2O2/c1-2-13-7(12)4-3-5(8)10-11-6(4)9/h3H,2H2,1H3. The normalized spacial score (nSPS) is 9.77. The van der Waals surface area contributed by atoms with Crippen molar-refractivity contribution in [2.24, 2.45) is 0 Å². The second-order valence-electron chi connectivity index (χ2n) is 2.09. The van der Waals surface area contributed by atoms with Crippen LogP contribution in [0.4, 0.5) is 0 Å². The third-order valence-corrected chi connectivity index (χ3v) is 1.68. The van der Waals surface area contributed by atoms with Crippen molar-refractivity contribution in [3.05, 3.63) is 21.9 Å². The number of ether oxygens (including phenoxy) is 1. The van der Waals surface area contributed by atoms with Crippen LogP contribution in [0.5, 0.6) is 0 Å². The Bertz CT molecular complexity index is 330. The maximum absolute atomic E-state index is 11.2. The Morgan fingerprint density at radius 1 is 1.54 bits per heavy atom. The monoisotopic (exact) mass is 220 g/mol. The number of nitrogens with zero attached hydrogens (tertiary/aromatic N) is 2. The third kappa shape index (κ3) is 2.54. The first-order chi connectivity index (χ1) is 6.15. The number of rotatable bonds is 2. The number of hydrogen-bond acceptors (Lipinski definition) is 4. The van der Waals surface area contributed by atoms with Crippen LogP contribution in [0.2, 0.25) is 10.3 Å². The largest absolute Gasteiger partial charge is 0.462 e. The average Bonchev–Trinajstić information content (AvgIpc) is 2.09. The highest BCUT2D eigenvalue weighted by atomic mass is 35.5. The van der Waals surface area contributed by atoms with Gasteiger partial charge in [0.05, 0.1) is 6.61 Å². The topological polar surface area (TPSA) is 52.1 Å². The van der Waals surface area contributed by atoms with Crippen LogP contribution in [0.3, 0.4) is 0 Å². The fourth-order valence-electron chi connectivity index (χ4n) is 0.705. The zero-order chi connectivity index (χ0) is 9.84. The minimum Gasteiger partial charge on any atom is -0.462 e. The molecule has 1 aromatic heterocycles. The molecule has 6 heteroatoms. The highest BCUT2D eigenvalue weighted by molar-refractivity contribution is 6.33. The van der Waals surface area contributed by atoms with Crippen LogP contribution in [0.15, 0.2) is 6.07 Å². The highest BCUT2D eigenvalue weighted by Gasteiger charge is 2.13. The third-order valence-electron chi connectivity index (χ3n) is 1.21. The molecule has 0 aliphatic rings. The Balaban J connectivity index is 2.99. The molecule has 0 aliphatic carbocycles. The summed E-state index contributed by atoms with van der Waals surface area (Å²) in [4.78, 5) is 11.2. The molecule has 70 valence electrons. The van der Waals surface area contributed by atoms with E-state index in [-0.39, 0.29) is 22.5 Å². The van der Waals surface area contributed by atoms with Crippen LogP contribution >= 0.6 is 23.2 Å². The van der Waals surface area contributed by atoms with Gasteiger partial charge < -0.3 is 4.74 Å². The first kappa shape index (κ1) is 10.2. The predicted octanol–water partition coefficient (Wildman–Crippen LogP) is 1.96. The average molecular weight is 221 g/mol. The Morgan fingerprint density at radius 2 is 2.23 bits per heavy atom. The lowest BCUT2D eigenvalue weighted by molar-refractivity contribution is 0.0526. The summed E-state index contributed by atoms with van der Waals surface area (Å²) < 4.78 is 4.71. The van der Waals surface area contributed by atoms with Crippen LogP contribution in [-0.2, 0) is 4.74 Å². The Kier molecular flexibility index (Phi) is 3.45. The van der Waals surface area contributed by atoms with Gasteiger partial charge in [-0.25, -0.2) is 4.79 Å². The van der Waals surface area contributed by atoms with E-state index in [0.717, 1.165) is 0 Å². The fourth-order valence-corrected chi connectivity index (χ4v) is 1.02. The quantitative estimate of drug-likeness (QED) is 0.716. The van der Waals surface area contributed by atoms with E-state index in [1.807, 2.05) is 0 Å². The van der Waals surface area contributed by atoms with E-state index in [0.29, 0.717) is 0 Å². The van der Waals surface area contributed by atoms with Gasteiger partial charge in [-0.2, -0.15) is 0 Å². The van der Waals surface area contributed by atoms with Gasteiger partial charge in [-0.15, -0.1) is 10.2 Å². The van der Waals surface area contributed by atoms with Gasteiger partial charge in [0, 0.05) is 0 Å². The second kappa shape index (κ2) is 4.39. The van der Waals surface area contributed by atoms with Gasteiger partial charge in [-0.05, 0) is 13.0 Å². The zero-order valence-electron chi connectivity index (χ0n) is 6.75. The van der Waals surface area contributed by atoms with Gasteiger partial charge >= 0.3 is 5.97 Å². The van der Waals surface area contributed by atoms with E-state index < -0.39 is 5.97 Å². The smallest absolute Gasteiger partial charge is 0.341 e. The number of halogens is 2. The number of carbonyl (C=O) groups is 1. The molecule has 0 spiro atoms. The molecule has 1 rings (SSSR count). The molecule has 0 atom stereocenters.